The van der Waals surface area contributed by atoms with Crippen LogP contribution in [-0.2, 0) is 4.79 Å². The minimum Gasteiger partial charge on any atom is -0.476 e. The van der Waals surface area contributed by atoms with Gasteiger partial charge in [0.15, 0.2) is 6.61 Å². The summed E-state index contributed by atoms with van der Waals surface area (Å²) in [6, 6.07) is 6.91. The molecule has 7 nitrogen and oxygen atoms in total. The fourth-order valence-electron chi connectivity index (χ4n) is 1.83. The molecule has 23 heavy (non-hydrogen) atoms. The molecule has 0 fully saturated rings. The molecule has 120 valence electrons. The molecule has 0 aliphatic carbocycles. The molecule has 1 aromatic heterocycles. The predicted molar refractivity (Wildman–Crippen MR) is 80.9 cm³/mol. The van der Waals surface area contributed by atoms with E-state index in [1.807, 2.05) is 0 Å². The van der Waals surface area contributed by atoms with Crippen molar-refractivity contribution in [1.29, 1.82) is 0 Å². The molecule has 2 aromatic rings. The quantitative estimate of drug-likeness (QED) is 0.675. The van der Waals surface area contributed by atoms with Gasteiger partial charge in [-0.3, -0.25) is 4.79 Å². The number of benzene rings is 1. The number of aryl methyl sites for hydroxylation is 2. The van der Waals surface area contributed by atoms with Gasteiger partial charge in [-0.25, -0.2) is 4.39 Å². The van der Waals surface area contributed by atoms with Crippen molar-refractivity contribution < 1.29 is 18.8 Å². The van der Waals surface area contributed by atoms with Gasteiger partial charge in [0.05, 0.1) is 0 Å². The fourth-order valence-corrected chi connectivity index (χ4v) is 1.83. The summed E-state index contributed by atoms with van der Waals surface area (Å²) in [5.74, 6) is -1.61. The third-order valence-electron chi connectivity index (χ3n) is 2.98. The lowest BCUT2D eigenvalue weighted by Gasteiger charge is -2.09. The standard InChI is InChI=1S/C15H14FN3O4/c1-9-3-5-11(16)7-12(9)18-14(20)8-23-13-6-4-10(2)17-15(13)19(21)22/h3-7H,8H2,1-2H3,(H,18,20). The van der Waals surface area contributed by atoms with Crippen molar-refractivity contribution in [3.63, 3.8) is 0 Å². The van der Waals surface area contributed by atoms with E-state index in [2.05, 4.69) is 10.3 Å². The second-order valence-corrected chi connectivity index (χ2v) is 4.83. The highest BCUT2D eigenvalue weighted by Gasteiger charge is 2.18. The van der Waals surface area contributed by atoms with E-state index in [1.165, 1.54) is 30.3 Å². The van der Waals surface area contributed by atoms with Gasteiger partial charge in [-0.2, -0.15) is 0 Å². The van der Waals surface area contributed by atoms with Crippen LogP contribution in [0.2, 0.25) is 0 Å². The average Bonchev–Trinajstić information content (AvgIpc) is 2.49. The van der Waals surface area contributed by atoms with Gasteiger partial charge >= 0.3 is 5.82 Å². The number of rotatable bonds is 5. The molecule has 0 saturated carbocycles. The molecule has 0 aliphatic heterocycles. The van der Waals surface area contributed by atoms with E-state index < -0.39 is 29.1 Å². The van der Waals surface area contributed by atoms with E-state index in [9.17, 15) is 19.3 Å². The summed E-state index contributed by atoms with van der Waals surface area (Å²) in [6.45, 7) is 2.86. The first-order chi connectivity index (χ1) is 10.9. The average molecular weight is 319 g/mol. The van der Waals surface area contributed by atoms with Crippen LogP contribution >= 0.6 is 0 Å². The Kier molecular flexibility index (Phi) is 4.85. The van der Waals surface area contributed by atoms with Crippen LogP contribution in [-0.4, -0.2) is 22.4 Å². The number of nitro groups is 1. The lowest BCUT2D eigenvalue weighted by atomic mass is 10.2. The molecule has 0 unspecified atom stereocenters. The number of anilines is 1. The number of halogens is 1. The third-order valence-corrected chi connectivity index (χ3v) is 2.98. The highest BCUT2D eigenvalue weighted by atomic mass is 19.1. The normalized spacial score (nSPS) is 10.2. The summed E-state index contributed by atoms with van der Waals surface area (Å²) in [5.41, 5.74) is 1.46. The van der Waals surface area contributed by atoms with Gasteiger partial charge in [0.25, 0.3) is 5.91 Å². The maximum absolute atomic E-state index is 13.2. The second kappa shape index (κ2) is 6.82. The van der Waals surface area contributed by atoms with Crippen molar-refractivity contribution in [3.05, 3.63) is 57.5 Å². The number of carbonyl (C=O) groups is 1. The van der Waals surface area contributed by atoms with Crippen LogP contribution in [0.5, 0.6) is 5.75 Å². The van der Waals surface area contributed by atoms with Gasteiger partial charge in [-0.1, -0.05) is 6.07 Å². The van der Waals surface area contributed by atoms with Crippen molar-refractivity contribution in [1.82, 2.24) is 4.98 Å². The number of hydrogen-bond donors (Lipinski definition) is 1. The molecule has 0 aliphatic rings. The maximum atomic E-state index is 13.2. The molecule has 1 amide bonds. The summed E-state index contributed by atoms with van der Waals surface area (Å²) in [4.78, 5) is 25.8. The first kappa shape index (κ1) is 16.3. The molecule has 8 heteroatoms. The Morgan fingerprint density at radius 1 is 1.35 bits per heavy atom. The van der Waals surface area contributed by atoms with E-state index in [1.54, 1.807) is 13.8 Å². The van der Waals surface area contributed by atoms with Crippen LogP contribution in [0.15, 0.2) is 30.3 Å². The van der Waals surface area contributed by atoms with E-state index in [0.717, 1.165) is 0 Å². The predicted octanol–water partition coefficient (Wildman–Crippen LogP) is 2.76. The lowest BCUT2D eigenvalue weighted by Crippen LogP contribution is -2.21. The Balaban J connectivity index is 2.05. The largest absolute Gasteiger partial charge is 0.476 e. The molecule has 0 spiro atoms. The van der Waals surface area contributed by atoms with Gasteiger partial charge in [0.1, 0.15) is 11.5 Å². The summed E-state index contributed by atoms with van der Waals surface area (Å²) in [7, 11) is 0. The minimum absolute atomic E-state index is 0.105. The highest BCUT2D eigenvalue weighted by Crippen LogP contribution is 2.24. The monoisotopic (exact) mass is 319 g/mol. The van der Waals surface area contributed by atoms with Crippen LogP contribution in [0.1, 0.15) is 11.3 Å². The summed E-state index contributed by atoms with van der Waals surface area (Å²) < 4.78 is 18.3. The Morgan fingerprint density at radius 2 is 2.09 bits per heavy atom. The number of nitrogens with zero attached hydrogens (tertiary/aromatic N) is 2. The third kappa shape index (κ3) is 4.22. The summed E-state index contributed by atoms with van der Waals surface area (Å²) in [6.07, 6.45) is 0. The van der Waals surface area contributed by atoms with Crippen molar-refractivity contribution in [3.8, 4) is 5.75 Å². The molecular formula is C15H14FN3O4. The van der Waals surface area contributed by atoms with Crippen LogP contribution in [0.25, 0.3) is 0 Å². The number of pyridine rings is 1. The van der Waals surface area contributed by atoms with Crippen LogP contribution < -0.4 is 10.1 Å². The zero-order chi connectivity index (χ0) is 17.0. The van der Waals surface area contributed by atoms with E-state index in [0.29, 0.717) is 16.9 Å². The SMILES string of the molecule is Cc1ccc(OCC(=O)Nc2cc(F)ccc2C)c([N+](=O)[O-])n1. The van der Waals surface area contributed by atoms with Crippen LogP contribution in [0, 0.1) is 29.8 Å². The van der Waals surface area contributed by atoms with Crippen LogP contribution in [0.3, 0.4) is 0 Å². The first-order valence-electron chi connectivity index (χ1n) is 6.67. The van der Waals surface area contributed by atoms with Gasteiger partial charge in [0, 0.05) is 12.6 Å². The van der Waals surface area contributed by atoms with E-state index in [-0.39, 0.29) is 5.75 Å². The molecule has 0 atom stereocenters. The Bertz CT molecular complexity index is 764. The molecule has 1 heterocycles. The van der Waals surface area contributed by atoms with Crippen LogP contribution in [0.4, 0.5) is 15.9 Å². The number of hydrogen-bond acceptors (Lipinski definition) is 5. The Morgan fingerprint density at radius 3 is 2.78 bits per heavy atom. The zero-order valence-corrected chi connectivity index (χ0v) is 12.5. The molecule has 0 bridgehead atoms. The number of amides is 1. The summed E-state index contributed by atoms with van der Waals surface area (Å²) >= 11 is 0. The van der Waals surface area contributed by atoms with Crippen molar-refractivity contribution in [2.75, 3.05) is 11.9 Å². The van der Waals surface area contributed by atoms with Gasteiger partial charge in [-0.15, -0.1) is 0 Å². The molecule has 0 radical (unpaired) electrons. The van der Waals surface area contributed by atoms with Gasteiger partial charge < -0.3 is 20.2 Å². The van der Waals surface area contributed by atoms with Gasteiger partial charge in [0.2, 0.25) is 5.75 Å². The number of carbonyl (C=O) groups excluding carboxylic acids is 1. The topological polar surface area (TPSA) is 94.4 Å². The lowest BCUT2D eigenvalue weighted by molar-refractivity contribution is -0.390. The number of aromatic nitrogens is 1. The van der Waals surface area contributed by atoms with Crippen molar-refractivity contribution >= 4 is 17.4 Å². The zero-order valence-electron chi connectivity index (χ0n) is 12.5. The smallest absolute Gasteiger partial charge is 0.406 e. The second-order valence-electron chi connectivity index (χ2n) is 4.83. The highest BCUT2D eigenvalue weighted by molar-refractivity contribution is 5.92. The van der Waals surface area contributed by atoms with Crippen molar-refractivity contribution in [2.45, 2.75) is 13.8 Å². The van der Waals surface area contributed by atoms with E-state index in [4.69, 9.17) is 4.74 Å². The molecule has 0 saturated heterocycles. The minimum atomic E-state index is -0.684. The fraction of sp³-hybridized carbons (Fsp3) is 0.200. The summed E-state index contributed by atoms with van der Waals surface area (Å²) in [5, 5.41) is 13.4. The molecule has 1 N–H and O–H groups in total. The number of nitrogens with one attached hydrogen (secondary N) is 1. The van der Waals surface area contributed by atoms with Crippen molar-refractivity contribution in [2.24, 2.45) is 0 Å². The Hall–Kier alpha value is -3.03. The van der Waals surface area contributed by atoms with E-state index >= 15 is 0 Å². The first-order valence-corrected chi connectivity index (χ1v) is 6.67. The number of ether oxygens (including phenoxy) is 1. The molecule has 1 aromatic carbocycles. The molecule has 2 rings (SSSR count). The maximum Gasteiger partial charge on any atom is 0.406 e. The van der Waals surface area contributed by atoms with Gasteiger partial charge in [-0.05, 0) is 46.7 Å². The Labute approximate surface area is 131 Å². The molecular weight excluding hydrogens is 305 g/mol.